The highest BCUT2D eigenvalue weighted by Crippen LogP contribution is 2.13. The van der Waals surface area contributed by atoms with Crippen LogP contribution in [0.5, 0.6) is 5.75 Å². The van der Waals surface area contributed by atoms with Crippen molar-refractivity contribution in [3.05, 3.63) is 23.5 Å². The molecule has 0 atom stereocenters. The molecule has 0 aliphatic rings. The Morgan fingerprint density at radius 2 is 1.80 bits per heavy atom. The molecule has 2 nitrogen and oxygen atoms in total. The monoisotopic (exact) mass is 157 g/mol. The topological polar surface area (TPSA) is 22.1 Å². The number of rotatable bonds is 1. The van der Waals surface area contributed by atoms with Crippen LogP contribution >= 0.6 is 11.9 Å². The van der Waals surface area contributed by atoms with Gasteiger partial charge in [-0.1, -0.05) is 0 Å². The van der Waals surface area contributed by atoms with Crippen molar-refractivity contribution < 1.29 is 4.29 Å². The third-order valence-electron chi connectivity index (χ3n) is 1.14. The molecule has 0 fully saturated rings. The number of aromatic nitrogens is 1. The van der Waals surface area contributed by atoms with Gasteiger partial charge in [0, 0.05) is 23.5 Å². The summed E-state index contributed by atoms with van der Waals surface area (Å²) < 4.78 is 4.51. The highest BCUT2D eigenvalue weighted by Gasteiger charge is 1.95. The number of hydrogen-bond donors (Lipinski definition) is 0. The Labute approximate surface area is 65.0 Å². The van der Waals surface area contributed by atoms with E-state index in [1.807, 2.05) is 13.8 Å². The predicted octanol–water partition coefficient (Wildman–Crippen LogP) is 2.23. The first kappa shape index (κ1) is 7.35. The van der Waals surface area contributed by atoms with E-state index in [0.29, 0.717) is 5.75 Å². The molecule has 0 spiro atoms. The zero-order chi connectivity index (χ0) is 7.56. The van der Waals surface area contributed by atoms with Crippen LogP contribution < -0.4 is 4.29 Å². The lowest BCUT2D eigenvalue weighted by molar-refractivity contribution is 0.615. The lowest BCUT2D eigenvalue weighted by Gasteiger charge is -1.98. The second-order valence-corrected chi connectivity index (χ2v) is 2.32. The molecule has 0 unspecified atom stereocenters. The third-order valence-corrected chi connectivity index (χ3v) is 1.32. The van der Waals surface area contributed by atoms with Gasteiger partial charge in [-0.2, -0.15) is 0 Å². The number of aryl methyl sites for hydroxylation is 2. The maximum Gasteiger partial charge on any atom is 0.149 e. The van der Waals surface area contributed by atoms with E-state index in [0.717, 1.165) is 11.4 Å². The molecule has 1 aromatic rings. The zero-order valence-electron chi connectivity index (χ0n) is 5.89. The van der Waals surface area contributed by atoms with Crippen molar-refractivity contribution in [3.8, 4) is 5.75 Å². The van der Waals surface area contributed by atoms with E-state index in [1.165, 1.54) is 0 Å². The van der Waals surface area contributed by atoms with Crippen molar-refractivity contribution in [2.75, 3.05) is 0 Å². The summed E-state index contributed by atoms with van der Waals surface area (Å²) in [4.78, 5) is 4.14. The number of pyridine rings is 1. The highest BCUT2D eigenvalue weighted by atomic mass is 35.5. The summed E-state index contributed by atoms with van der Waals surface area (Å²) in [5, 5.41) is 0. The van der Waals surface area contributed by atoms with Crippen molar-refractivity contribution in [1.29, 1.82) is 0 Å². The molecule has 0 saturated carbocycles. The van der Waals surface area contributed by atoms with E-state index >= 15 is 0 Å². The second-order valence-electron chi connectivity index (χ2n) is 2.16. The molecular formula is C7H8ClNO. The molecular weight excluding hydrogens is 150 g/mol. The molecule has 0 aliphatic carbocycles. The molecule has 0 aliphatic heterocycles. The lowest BCUT2D eigenvalue weighted by atomic mass is 10.3. The SMILES string of the molecule is Cc1cc(OCl)cc(C)n1. The minimum absolute atomic E-state index is 0.645. The fraction of sp³-hybridized carbons (Fsp3) is 0.286. The summed E-state index contributed by atoms with van der Waals surface area (Å²) in [5.41, 5.74) is 1.83. The minimum atomic E-state index is 0.645. The third kappa shape index (κ3) is 1.61. The summed E-state index contributed by atoms with van der Waals surface area (Å²) in [6.07, 6.45) is 0. The van der Waals surface area contributed by atoms with Crippen molar-refractivity contribution in [2.45, 2.75) is 13.8 Å². The molecule has 1 heterocycles. The molecule has 3 heteroatoms. The standard InChI is InChI=1S/C7H8ClNO/c1-5-3-7(10-8)4-6(2)9-5/h3-4H,1-2H3. The normalized spacial score (nSPS) is 9.50. The molecule has 0 bridgehead atoms. The van der Waals surface area contributed by atoms with Gasteiger partial charge in [0.25, 0.3) is 0 Å². The van der Waals surface area contributed by atoms with Gasteiger partial charge >= 0.3 is 0 Å². The fourth-order valence-corrected chi connectivity index (χ4v) is 0.930. The first-order valence-electron chi connectivity index (χ1n) is 2.96. The first-order valence-corrected chi connectivity index (χ1v) is 3.27. The largest absolute Gasteiger partial charge is 0.385 e. The Morgan fingerprint density at radius 3 is 2.20 bits per heavy atom. The van der Waals surface area contributed by atoms with E-state index < -0.39 is 0 Å². The number of nitrogens with zero attached hydrogens (tertiary/aromatic N) is 1. The molecule has 10 heavy (non-hydrogen) atoms. The van der Waals surface area contributed by atoms with Crippen LogP contribution in [-0.4, -0.2) is 4.98 Å². The minimum Gasteiger partial charge on any atom is -0.385 e. The van der Waals surface area contributed by atoms with E-state index in [9.17, 15) is 0 Å². The van der Waals surface area contributed by atoms with E-state index in [-0.39, 0.29) is 0 Å². The average Bonchev–Trinajstić information content (AvgIpc) is 1.85. The van der Waals surface area contributed by atoms with Crippen molar-refractivity contribution >= 4 is 11.9 Å². The summed E-state index contributed by atoms with van der Waals surface area (Å²) in [6, 6.07) is 3.56. The van der Waals surface area contributed by atoms with E-state index in [1.54, 1.807) is 12.1 Å². The van der Waals surface area contributed by atoms with Crippen molar-refractivity contribution in [3.63, 3.8) is 0 Å². The van der Waals surface area contributed by atoms with Crippen LogP contribution in [0.15, 0.2) is 12.1 Å². The van der Waals surface area contributed by atoms with Crippen molar-refractivity contribution in [2.24, 2.45) is 0 Å². The lowest BCUT2D eigenvalue weighted by Crippen LogP contribution is -1.86. The van der Waals surface area contributed by atoms with Crippen LogP contribution in [0.4, 0.5) is 0 Å². The van der Waals surface area contributed by atoms with E-state index in [4.69, 9.17) is 11.9 Å². The Kier molecular flexibility index (Phi) is 2.12. The summed E-state index contributed by atoms with van der Waals surface area (Å²) in [5.74, 6) is 0.645. The molecule has 0 saturated heterocycles. The Morgan fingerprint density at radius 1 is 1.30 bits per heavy atom. The first-order chi connectivity index (χ1) is 4.72. The molecule has 0 radical (unpaired) electrons. The summed E-state index contributed by atoms with van der Waals surface area (Å²) >= 11 is 5.14. The van der Waals surface area contributed by atoms with E-state index in [2.05, 4.69) is 9.27 Å². The predicted molar refractivity (Wildman–Crippen MR) is 40.2 cm³/mol. The van der Waals surface area contributed by atoms with Crippen LogP contribution in [0.25, 0.3) is 0 Å². The van der Waals surface area contributed by atoms with Crippen molar-refractivity contribution in [1.82, 2.24) is 4.98 Å². The van der Waals surface area contributed by atoms with Gasteiger partial charge in [0.1, 0.15) is 17.6 Å². The highest BCUT2D eigenvalue weighted by molar-refractivity contribution is 6.09. The van der Waals surface area contributed by atoms with Crippen LogP contribution in [0, 0.1) is 13.8 Å². The van der Waals surface area contributed by atoms with Gasteiger partial charge in [-0.05, 0) is 13.8 Å². The van der Waals surface area contributed by atoms with Crippen LogP contribution in [-0.2, 0) is 0 Å². The summed E-state index contributed by atoms with van der Waals surface area (Å²) in [7, 11) is 0. The maximum atomic E-state index is 5.14. The molecule has 1 rings (SSSR count). The Bertz CT molecular complexity index is 217. The molecule has 1 aromatic heterocycles. The van der Waals surface area contributed by atoms with Gasteiger partial charge in [0.15, 0.2) is 0 Å². The molecule has 0 amide bonds. The Balaban J connectivity index is 3.06. The van der Waals surface area contributed by atoms with Gasteiger partial charge in [0.05, 0.1) is 0 Å². The van der Waals surface area contributed by atoms with Gasteiger partial charge < -0.3 is 4.29 Å². The van der Waals surface area contributed by atoms with Gasteiger partial charge in [0.2, 0.25) is 0 Å². The molecule has 0 N–H and O–H groups in total. The second kappa shape index (κ2) is 2.88. The van der Waals surface area contributed by atoms with Gasteiger partial charge in [-0.3, -0.25) is 4.98 Å². The van der Waals surface area contributed by atoms with Crippen LogP contribution in [0.2, 0.25) is 0 Å². The quantitative estimate of drug-likeness (QED) is 0.624. The molecule has 54 valence electrons. The number of hydrogen-bond acceptors (Lipinski definition) is 2. The maximum absolute atomic E-state index is 5.14. The van der Waals surface area contributed by atoms with Gasteiger partial charge in [-0.15, -0.1) is 0 Å². The Hall–Kier alpha value is -0.760. The average molecular weight is 158 g/mol. The van der Waals surface area contributed by atoms with Gasteiger partial charge in [-0.25, -0.2) is 0 Å². The van der Waals surface area contributed by atoms with Crippen LogP contribution in [0.1, 0.15) is 11.4 Å². The molecule has 0 aromatic carbocycles. The van der Waals surface area contributed by atoms with Crippen LogP contribution in [0.3, 0.4) is 0 Å². The fourth-order valence-electron chi connectivity index (χ4n) is 0.841. The smallest absolute Gasteiger partial charge is 0.149 e. The summed E-state index contributed by atoms with van der Waals surface area (Å²) in [6.45, 7) is 3.79. The number of halogens is 1. The zero-order valence-corrected chi connectivity index (χ0v) is 6.64.